The Balaban J connectivity index is 3.59. The lowest BCUT2D eigenvalue weighted by Gasteiger charge is -2.13. The maximum atomic E-state index is 10.9. The summed E-state index contributed by atoms with van der Waals surface area (Å²) in [4.78, 5) is 14.5. The number of rotatable bonds is 6. The average molecular weight is 303 g/mol. The number of isothiocyanates is 1. The van der Waals surface area contributed by atoms with Crippen LogP contribution < -0.4 is 0 Å². The third-order valence-electron chi connectivity index (χ3n) is 1.08. The molecule has 0 aliphatic rings. The van der Waals surface area contributed by atoms with Gasteiger partial charge < -0.3 is 9.47 Å². The molecule has 0 aliphatic heterocycles. The van der Waals surface area contributed by atoms with Gasteiger partial charge in [-0.25, -0.2) is 9.79 Å². The number of carbonyl (C=O) groups is 1. The predicted octanol–water partition coefficient (Wildman–Crippen LogP) is 1.95. The molecule has 0 saturated heterocycles. The van der Waals surface area contributed by atoms with Gasteiger partial charge in [-0.05, 0) is 19.1 Å². The third kappa shape index (κ3) is 7.41. The zero-order valence-electron chi connectivity index (χ0n) is 7.41. The molecule has 0 fully saturated rings. The Hall–Kier alpha value is -0.0000000000000000555. The minimum absolute atomic E-state index is 0.313. The SMILES string of the molecule is CC(OCCN=C=S)OC(=O)C(Cl)Br. The number of aliphatic imine (C=N–C) groups is 1. The van der Waals surface area contributed by atoms with Gasteiger partial charge in [-0.3, -0.25) is 0 Å². The Kier molecular flexibility index (Phi) is 8.32. The summed E-state index contributed by atoms with van der Waals surface area (Å²) in [5.74, 6) is -0.586. The number of alkyl halides is 2. The van der Waals surface area contributed by atoms with E-state index in [0.29, 0.717) is 13.2 Å². The number of carbonyl (C=O) groups excluding carboxylic acids is 1. The molecule has 14 heavy (non-hydrogen) atoms. The van der Waals surface area contributed by atoms with Gasteiger partial charge in [0.15, 0.2) is 10.6 Å². The maximum absolute atomic E-state index is 10.9. The van der Waals surface area contributed by atoms with Gasteiger partial charge in [-0.2, -0.15) is 0 Å². The van der Waals surface area contributed by atoms with Gasteiger partial charge >= 0.3 is 5.97 Å². The molecule has 80 valence electrons. The van der Waals surface area contributed by atoms with Crippen molar-refractivity contribution in [2.24, 2.45) is 4.99 Å². The minimum Gasteiger partial charge on any atom is -0.434 e. The lowest BCUT2D eigenvalue weighted by atomic mass is 10.6. The monoisotopic (exact) mass is 301 g/mol. The van der Waals surface area contributed by atoms with Crippen molar-refractivity contribution in [3.8, 4) is 0 Å². The number of ether oxygens (including phenoxy) is 2. The Morgan fingerprint density at radius 1 is 1.79 bits per heavy atom. The molecule has 0 bridgehead atoms. The van der Waals surface area contributed by atoms with Crippen LogP contribution in [0, 0.1) is 0 Å². The topological polar surface area (TPSA) is 47.9 Å². The van der Waals surface area contributed by atoms with Crippen LogP contribution in [0.3, 0.4) is 0 Å². The molecule has 0 radical (unpaired) electrons. The summed E-state index contributed by atoms with van der Waals surface area (Å²) in [5, 5.41) is 2.19. The molecule has 0 aromatic carbocycles. The average Bonchev–Trinajstić information content (AvgIpc) is 2.12. The second kappa shape index (κ2) is 8.32. The summed E-state index contributed by atoms with van der Waals surface area (Å²) in [5.41, 5.74) is 0. The predicted molar refractivity (Wildman–Crippen MR) is 60.0 cm³/mol. The molecule has 0 heterocycles. The Labute approximate surface area is 101 Å². The first kappa shape index (κ1) is 14.0. The second-order valence-electron chi connectivity index (χ2n) is 2.15. The van der Waals surface area contributed by atoms with Gasteiger partial charge in [-0.15, -0.1) is 0 Å². The van der Waals surface area contributed by atoms with Crippen LogP contribution in [0.5, 0.6) is 0 Å². The van der Waals surface area contributed by atoms with Crippen LogP contribution in [0.15, 0.2) is 4.99 Å². The lowest BCUT2D eigenvalue weighted by molar-refractivity contribution is -0.171. The largest absolute Gasteiger partial charge is 0.434 e. The van der Waals surface area contributed by atoms with Crippen LogP contribution in [0.1, 0.15) is 6.92 Å². The van der Waals surface area contributed by atoms with Crippen LogP contribution in [-0.4, -0.2) is 34.9 Å². The van der Waals surface area contributed by atoms with Crippen molar-refractivity contribution in [3.63, 3.8) is 0 Å². The third-order valence-corrected chi connectivity index (χ3v) is 1.76. The smallest absolute Gasteiger partial charge is 0.337 e. The Morgan fingerprint density at radius 2 is 2.43 bits per heavy atom. The van der Waals surface area contributed by atoms with Gasteiger partial charge in [0.05, 0.1) is 18.3 Å². The fourth-order valence-electron chi connectivity index (χ4n) is 0.559. The summed E-state index contributed by atoms with van der Waals surface area (Å²) in [6.07, 6.45) is -0.651. The molecule has 0 amide bonds. The maximum Gasteiger partial charge on any atom is 0.337 e. The number of halogens is 2. The van der Waals surface area contributed by atoms with E-state index < -0.39 is 16.5 Å². The first-order valence-electron chi connectivity index (χ1n) is 3.71. The van der Waals surface area contributed by atoms with Gasteiger partial charge in [0, 0.05) is 0 Å². The second-order valence-corrected chi connectivity index (χ2v) is 4.21. The summed E-state index contributed by atoms with van der Waals surface area (Å²) in [6.45, 7) is 2.29. The van der Waals surface area contributed by atoms with Gasteiger partial charge in [0.25, 0.3) is 0 Å². The van der Waals surface area contributed by atoms with E-state index in [-0.39, 0.29) is 0 Å². The molecular formula is C7H9BrClNO3S. The molecule has 0 aliphatic carbocycles. The summed E-state index contributed by atoms with van der Waals surface area (Å²) in [7, 11) is 0. The van der Waals surface area contributed by atoms with Crippen LogP contribution >= 0.6 is 39.7 Å². The van der Waals surface area contributed by atoms with E-state index in [1.807, 2.05) is 0 Å². The molecule has 2 atom stereocenters. The molecule has 4 nitrogen and oxygen atoms in total. The first-order chi connectivity index (χ1) is 6.57. The highest BCUT2D eigenvalue weighted by Gasteiger charge is 2.15. The van der Waals surface area contributed by atoms with Crippen LogP contribution in [-0.2, 0) is 14.3 Å². The number of thiocarbonyl (C=S) groups is 1. The summed E-state index contributed by atoms with van der Waals surface area (Å²) < 4.78 is 8.97. The molecule has 7 heteroatoms. The van der Waals surface area contributed by atoms with E-state index in [0.717, 1.165) is 0 Å². The van der Waals surface area contributed by atoms with E-state index in [9.17, 15) is 4.79 Å². The zero-order chi connectivity index (χ0) is 11.0. The number of esters is 1. The van der Waals surface area contributed by atoms with Crippen molar-refractivity contribution in [1.82, 2.24) is 0 Å². The molecule has 0 saturated carbocycles. The molecule has 0 spiro atoms. The van der Waals surface area contributed by atoms with E-state index in [1.54, 1.807) is 6.92 Å². The molecular weight excluding hydrogens is 294 g/mol. The summed E-state index contributed by atoms with van der Waals surface area (Å²) >= 11 is 12.6. The Morgan fingerprint density at radius 3 is 2.93 bits per heavy atom. The van der Waals surface area contributed by atoms with Crippen molar-refractivity contribution in [2.45, 2.75) is 17.5 Å². The number of hydrogen-bond acceptors (Lipinski definition) is 5. The van der Waals surface area contributed by atoms with E-state index in [1.165, 1.54) is 0 Å². The minimum atomic E-state index is -0.854. The molecule has 0 N–H and O–H groups in total. The molecule has 2 unspecified atom stereocenters. The Bertz CT molecular complexity index is 233. The van der Waals surface area contributed by atoms with E-state index >= 15 is 0 Å². The number of hydrogen-bond donors (Lipinski definition) is 0. The highest BCUT2D eigenvalue weighted by molar-refractivity contribution is 9.10. The summed E-state index contributed by atoms with van der Waals surface area (Å²) in [6, 6.07) is 0. The molecule has 0 aromatic rings. The van der Waals surface area contributed by atoms with Gasteiger partial charge in [0.1, 0.15) is 0 Å². The molecule has 0 rings (SSSR count). The van der Waals surface area contributed by atoms with Gasteiger partial charge in [0.2, 0.25) is 0 Å². The van der Waals surface area contributed by atoms with Crippen LogP contribution in [0.4, 0.5) is 0 Å². The first-order valence-corrected chi connectivity index (χ1v) is 5.48. The van der Waals surface area contributed by atoms with Crippen molar-refractivity contribution >= 4 is 50.9 Å². The fraction of sp³-hybridized carbons (Fsp3) is 0.714. The van der Waals surface area contributed by atoms with Crippen molar-refractivity contribution in [1.29, 1.82) is 0 Å². The van der Waals surface area contributed by atoms with Crippen LogP contribution in [0.25, 0.3) is 0 Å². The lowest BCUT2D eigenvalue weighted by Crippen LogP contribution is -2.22. The fourth-order valence-corrected chi connectivity index (χ4v) is 0.810. The van der Waals surface area contributed by atoms with E-state index in [4.69, 9.17) is 21.1 Å². The van der Waals surface area contributed by atoms with Crippen molar-refractivity contribution < 1.29 is 14.3 Å². The van der Waals surface area contributed by atoms with Crippen molar-refractivity contribution in [2.75, 3.05) is 13.2 Å². The quantitative estimate of drug-likeness (QED) is 0.188. The normalized spacial score (nSPS) is 13.9. The zero-order valence-corrected chi connectivity index (χ0v) is 10.6. The van der Waals surface area contributed by atoms with Gasteiger partial charge in [-0.1, -0.05) is 27.5 Å². The molecule has 0 aromatic heterocycles. The van der Waals surface area contributed by atoms with Crippen molar-refractivity contribution in [3.05, 3.63) is 0 Å². The highest BCUT2D eigenvalue weighted by Crippen LogP contribution is 2.08. The van der Waals surface area contributed by atoms with E-state index in [2.05, 4.69) is 38.3 Å². The number of nitrogens with zero attached hydrogens (tertiary/aromatic N) is 1. The standard InChI is InChI=1S/C7H9BrClNO3S/c1-5(12-3-2-10-4-14)13-7(11)6(8)9/h5-6H,2-3H2,1H3. The highest BCUT2D eigenvalue weighted by atomic mass is 79.9. The van der Waals surface area contributed by atoms with Crippen LogP contribution in [0.2, 0.25) is 0 Å².